The van der Waals surface area contributed by atoms with Crippen molar-refractivity contribution in [2.75, 3.05) is 32.5 Å². The standard InChI is InChI=1S/C33H45N4O9PS.Na.H/c1-24(2)22-37(48(43,44)29-19-17-27(34)18-20-29)28(23-46-47(40,41)42)16-10-11-21-35-32(38)31(36-33(39)45-3)30(25-12-6-4-7-13-25)26-14-8-5-9-15-26;;/h4-9,12-15,17-20,24,28,30-31H,10-11,16,21-23,34H2,1-3H3,(H,35,38)(H,36,39)(H2,40,41,42);;/q;+1;-1. The molecule has 6 N–H and O–H groups in total. The van der Waals surface area contributed by atoms with Crippen LogP contribution in [-0.4, -0.2) is 73.4 Å². The molecule has 16 heteroatoms. The van der Waals surface area contributed by atoms with Crippen LogP contribution in [0.5, 0.6) is 0 Å². The van der Waals surface area contributed by atoms with Gasteiger partial charge in [-0.05, 0) is 54.2 Å². The summed E-state index contributed by atoms with van der Waals surface area (Å²) in [6.07, 6.45) is 0.170. The second-order valence-corrected chi connectivity index (χ2v) is 14.8. The van der Waals surface area contributed by atoms with Crippen LogP contribution in [0, 0.1) is 5.92 Å². The van der Waals surface area contributed by atoms with E-state index in [1.165, 1.54) is 35.7 Å². The van der Waals surface area contributed by atoms with Gasteiger partial charge in [-0.3, -0.25) is 9.32 Å². The van der Waals surface area contributed by atoms with Crippen LogP contribution in [0.4, 0.5) is 10.5 Å². The molecule has 0 aliphatic heterocycles. The molecule has 0 saturated carbocycles. The number of ether oxygens (including phenoxy) is 1. The number of nitrogen functional groups attached to an aromatic ring is 1. The quantitative estimate of drug-likeness (QED) is 0.0552. The van der Waals surface area contributed by atoms with Gasteiger partial charge in [-0.1, -0.05) is 80.9 Å². The van der Waals surface area contributed by atoms with E-state index in [0.29, 0.717) is 18.5 Å². The zero-order valence-corrected chi connectivity index (χ0v) is 32.0. The van der Waals surface area contributed by atoms with Crippen LogP contribution < -0.4 is 45.9 Å². The van der Waals surface area contributed by atoms with Gasteiger partial charge in [0.05, 0.1) is 18.6 Å². The van der Waals surface area contributed by atoms with Gasteiger partial charge in [-0.2, -0.15) is 4.31 Å². The Bertz CT molecular complexity index is 1580. The average Bonchev–Trinajstić information content (AvgIpc) is 3.05. The van der Waals surface area contributed by atoms with E-state index in [1.54, 1.807) is 0 Å². The molecular formula is C33H46N4NaO9PS. The third-order valence-electron chi connectivity index (χ3n) is 7.53. The third kappa shape index (κ3) is 13.5. The molecule has 0 heterocycles. The summed E-state index contributed by atoms with van der Waals surface area (Å²) in [6, 6.07) is 22.3. The summed E-state index contributed by atoms with van der Waals surface area (Å²) in [4.78, 5) is 44.8. The number of alkyl carbamates (subject to hydrolysis) is 1. The molecule has 0 saturated heterocycles. The predicted octanol–water partition coefficient (Wildman–Crippen LogP) is 1.35. The minimum Gasteiger partial charge on any atom is -1.00 e. The van der Waals surface area contributed by atoms with E-state index in [1.807, 2.05) is 74.5 Å². The number of carbonyl (C=O) groups excluding carboxylic acids is 2. The molecule has 3 rings (SSSR count). The Balaban J connectivity index is 0.00000625. The molecular weight excluding hydrogens is 682 g/mol. The molecule has 264 valence electrons. The maximum atomic E-state index is 13.7. The van der Waals surface area contributed by atoms with E-state index < -0.39 is 54.5 Å². The Hall–Kier alpha value is -2.78. The van der Waals surface area contributed by atoms with Crippen LogP contribution in [0.15, 0.2) is 89.8 Å². The monoisotopic (exact) mass is 728 g/mol. The fourth-order valence-corrected chi connectivity index (χ4v) is 7.45. The number of hydrogen-bond donors (Lipinski definition) is 5. The number of phosphoric ester groups is 1. The summed E-state index contributed by atoms with van der Waals surface area (Å²) < 4.78 is 49.9. The number of nitrogens with two attached hydrogens (primary N) is 1. The van der Waals surface area contributed by atoms with Gasteiger partial charge in [0.2, 0.25) is 15.9 Å². The Labute approximate surface area is 312 Å². The summed E-state index contributed by atoms with van der Waals surface area (Å²) in [5.74, 6) is -1.11. The first kappa shape index (κ1) is 42.4. The smallest absolute Gasteiger partial charge is 1.00 e. The van der Waals surface area contributed by atoms with E-state index in [9.17, 15) is 32.4 Å². The average molecular weight is 729 g/mol. The normalized spacial score (nSPS) is 13.1. The predicted molar refractivity (Wildman–Crippen MR) is 183 cm³/mol. The molecule has 2 unspecified atom stereocenters. The van der Waals surface area contributed by atoms with Crippen LogP contribution in [0.25, 0.3) is 0 Å². The van der Waals surface area contributed by atoms with Gasteiger partial charge in [-0.15, -0.1) is 0 Å². The van der Waals surface area contributed by atoms with Crippen molar-refractivity contribution >= 4 is 35.5 Å². The minimum atomic E-state index is -4.91. The summed E-state index contributed by atoms with van der Waals surface area (Å²) in [5, 5.41) is 5.55. The fourth-order valence-electron chi connectivity index (χ4n) is 5.28. The van der Waals surface area contributed by atoms with Gasteiger partial charge in [-0.25, -0.2) is 17.8 Å². The molecule has 0 fully saturated rings. The molecule has 0 aliphatic carbocycles. The van der Waals surface area contributed by atoms with Crippen molar-refractivity contribution in [2.45, 2.75) is 56.0 Å². The number of rotatable bonds is 18. The Kier molecular flexibility index (Phi) is 17.4. The number of carbonyl (C=O) groups is 2. The van der Waals surface area contributed by atoms with Crippen molar-refractivity contribution in [1.82, 2.24) is 14.9 Å². The van der Waals surface area contributed by atoms with E-state index in [0.717, 1.165) is 11.1 Å². The van der Waals surface area contributed by atoms with Gasteiger partial charge in [0.1, 0.15) is 6.04 Å². The van der Waals surface area contributed by atoms with Crippen molar-refractivity contribution in [2.24, 2.45) is 5.92 Å². The van der Waals surface area contributed by atoms with Crippen LogP contribution in [0.2, 0.25) is 0 Å². The number of benzene rings is 3. The van der Waals surface area contributed by atoms with Crippen molar-refractivity contribution in [3.8, 4) is 0 Å². The van der Waals surface area contributed by atoms with E-state index in [2.05, 4.69) is 10.6 Å². The van der Waals surface area contributed by atoms with E-state index in [4.69, 9.17) is 15.0 Å². The molecule has 2 atom stereocenters. The van der Waals surface area contributed by atoms with E-state index >= 15 is 0 Å². The van der Waals surface area contributed by atoms with Gasteiger partial charge in [0, 0.05) is 30.7 Å². The van der Waals surface area contributed by atoms with Crippen LogP contribution >= 0.6 is 7.82 Å². The molecule has 0 aromatic heterocycles. The summed E-state index contributed by atoms with van der Waals surface area (Å²) in [7, 11) is -7.79. The number of nitrogens with zero attached hydrogens (tertiary/aromatic N) is 1. The number of sulfonamides is 1. The first-order valence-electron chi connectivity index (χ1n) is 15.5. The second-order valence-electron chi connectivity index (χ2n) is 11.7. The molecule has 13 nitrogen and oxygen atoms in total. The van der Waals surface area contributed by atoms with Crippen molar-refractivity contribution in [3.63, 3.8) is 0 Å². The van der Waals surface area contributed by atoms with E-state index in [-0.39, 0.29) is 61.3 Å². The fraction of sp³-hybridized carbons (Fsp3) is 0.394. The van der Waals surface area contributed by atoms with Crippen molar-refractivity contribution < 1.29 is 72.6 Å². The Morgan fingerprint density at radius 1 is 0.939 bits per heavy atom. The number of hydrogen-bond acceptors (Lipinski definition) is 8. The SMILES string of the molecule is COC(=O)NC(C(=O)NCCCCC(COP(=O)(O)O)N(CC(C)C)S(=O)(=O)c1ccc(N)cc1)C(c1ccccc1)c1ccccc1.[H-].[Na+]. The molecule has 0 bridgehead atoms. The number of anilines is 1. The number of methoxy groups -OCH3 is 1. The molecule has 3 aromatic rings. The van der Waals surface area contributed by atoms with Gasteiger partial charge >= 0.3 is 43.5 Å². The molecule has 49 heavy (non-hydrogen) atoms. The topological polar surface area (TPSA) is 198 Å². The summed E-state index contributed by atoms with van der Waals surface area (Å²) >= 11 is 0. The number of unbranched alkanes of at least 4 members (excludes halogenated alkanes) is 1. The second kappa shape index (κ2) is 20.2. The maximum Gasteiger partial charge on any atom is 1.00 e. The molecule has 0 aliphatic rings. The zero-order chi connectivity index (χ0) is 35.3. The van der Waals surface area contributed by atoms with Gasteiger partial charge in [0.15, 0.2) is 0 Å². The van der Waals surface area contributed by atoms with Crippen LogP contribution in [0.1, 0.15) is 51.6 Å². The zero-order valence-electron chi connectivity index (χ0n) is 29.3. The van der Waals surface area contributed by atoms with Gasteiger partial charge in [0.25, 0.3) is 0 Å². The molecule has 2 amide bonds. The molecule has 0 spiro atoms. The number of phosphoric acid groups is 1. The minimum absolute atomic E-state index is 0. The van der Waals surface area contributed by atoms with Gasteiger partial charge < -0.3 is 32.3 Å². The summed E-state index contributed by atoms with van der Waals surface area (Å²) in [6.45, 7) is 3.37. The number of amides is 2. The van der Waals surface area contributed by atoms with Crippen molar-refractivity contribution in [3.05, 3.63) is 96.1 Å². The molecule has 3 aromatic carbocycles. The Morgan fingerprint density at radius 2 is 1.49 bits per heavy atom. The van der Waals surface area contributed by atoms with Crippen molar-refractivity contribution in [1.29, 1.82) is 0 Å². The summed E-state index contributed by atoms with van der Waals surface area (Å²) in [5.41, 5.74) is 7.75. The van der Waals surface area contributed by atoms with Crippen LogP contribution in [0.3, 0.4) is 0 Å². The largest absolute Gasteiger partial charge is 1.00 e. The first-order chi connectivity index (χ1) is 22.7. The first-order valence-corrected chi connectivity index (χ1v) is 18.5. The number of nitrogens with one attached hydrogen (secondary N) is 2. The third-order valence-corrected chi connectivity index (χ3v) is 9.95. The Morgan fingerprint density at radius 3 is 1.98 bits per heavy atom. The van der Waals surface area contributed by atoms with Crippen LogP contribution in [-0.2, 0) is 28.6 Å². The molecule has 0 radical (unpaired) electrons. The maximum absolute atomic E-state index is 13.7.